The van der Waals surface area contributed by atoms with E-state index in [1.54, 1.807) is 0 Å². The van der Waals surface area contributed by atoms with Crippen LogP contribution in [0.1, 0.15) is 19.8 Å². The van der Waals surface area contributed by atoms with E-state index in [0.29, 0.717) is 39.0 Å². The number of aryl methyl sites for hydroxylation is 1. The van der Waals surface area contributed by atoms with E-state index in [9.17, 15) is 13.2 Å². The maximum atomic E-state index is 12.7. The zero-order valence-corrected chi connectivity index (χ0v) is 13.6. The fraction of sp³-hybridized carbons (Fsp3) is 0.692. The Morgan fingerprint density at radius 3 is 3.00 bits per heavy atom. The highest BCUT2D eigenvalue weighted by molar-refractivity contribution is 7.89. The zero-order chi connectivity index (χ0) is 16.2. The summed E-state index contributed by atoms with van der Waals surface area (Å²) in [6.07, 6.45) is 2.83. The van der Waals surface area contributed by atoms with Gasteiger partial charge in [-0.05, 0) is 25.8 Å². The van der Waals surface area contributed by atoms with E-state index in [2.05, 4.69) is 10.4 Å². The fourth-order valence-corrected chi connectivity index (χ4v) is 4.31. The molecule has 1 amide bonds. The molecular weight excluding hydrogens is 306 g/mol. The van der Waals surface area contributed by atoms with Crippen molar-refractivity contribution in [1.82, 2.24) is 19.4 Å². The Bertz CT molecular complexity index is 613. The van der Waals surface area contributed by atoms with Gasteiger partial charge < -0.3 is 11.1 Å². The second kappa shape index (κ2) is 7.21. The summed E-state index contributed by atoms with van der Waals surface area (Å²) < 4.78 is 28.3. The van der Waals surface area contributed by atoms with Gasteiger partial charge in [-0.2, -0.15) is 9.40 Å². The third-order valence-corrected chi connectivity index (χ3v) is 5.67. The van der Waals surface area contributed by atoms with Gasteiger partial charge in [-0.25, -0.2) is 8.42 Å². The first-order valence-electron chi connectivity index (χ1n) is 7.50. The maximum Gasteiger partial charge on any atom is 0.260 e. The highest BCUT2D eigenvalue weighted by atomic mass is 32.2. The minimum atomic E-state index is -3.62. The van der Waals surface area contributed by atoms with Crippen molar-refractivity contribution in [3.8, 4) is 0 Å². The topological polar surface area (TPSA) is 110 Å². The van der Waals surface area contributed by atoms with Gasteiger partial charge in [0.05, 0.1) is 12.1 Å². The van der Waals surface area contributed by atoms with Gasteiger partial charge in [0.15, 0.2) is 5.03 Å². The van der Waals surface area contributed by atoms with Crippen LogP contribution in [0.5, 0.6) is 0 Å². The summed E-state index contributed by atoms with van der Waals surface area (Å²) in [6, 6.07) is 1.50. The molecule has 1 atom stereocenters. The van der Waals surface area contributed by atoms with Crippen molar-refractivity contribution in [3.05, 3.63) is 12.3 Å². The van der Waals surface area contributed by atoms with Gasteiger partial charge in [0.2, 0.25) is 5.91 Å². The molecule has 0 saturated carbocycles. The molecule has 1 saturated heterocycles. The standard InChI is InChI=1S/C13H23N5O3S/c1-2-18-12(5-7-16-18)22(20,21)17-9-3-4-11(10-17)13(19)15-8-6-14/h5,7,11H,2-4,6,8-10,14H2,1H3,(H,15,19). The quantitative estimate of drug-likeness (QED) is 0.722. The van der Waals surface area contributed by atoms with Crippen LogP contribution < -0.4 is 11.1 Å². The van der Waals surface area contributed by atoms with Crippen molar-refractivity contribution >= 4 is 15.9 Å². The Morgan fingerprint density at radius 1 is 1.55 bits per heavy atom. The average Bonchev–Trinajstić information content (AvgIpc) is 3.02. The SMILES string of the molecule is CCn1nccc1S(=O)(=O)N1CCCC(C(=O)NCCN)C1. The molecule has 0 radical (unpaired) electrons. The fourth-order valence-electron chi connectivity index (χ4n) is 2.62. The van der Waals surface area contributed by atoms with E-state index < -0.39 is 10.0 Å². The Kier molecular flexibility index (Phi) is 5.54. The van der Waals surface area contributed by atoms with E-state index >= 15 is 0 Å². The second-order valence-corrected chi connectivity index (χ2v) is 7.15. The van der Waals surface area contributed by atoms with Crippen LogP contribution in [0.4, 0.5) is 0 Å². The summed E-state index contributed by atoms with van der Waals surface area (Å²) in [5.41, 5.74) is 5.37. The lowest BCUT2D eigenvalue weighted by Crippen LogP contribution is -2.46. The maximum absolute atomic E-state index is 12.7. The molecule has 1 aliphatic rings. The monoisotopic (exact) mass is 329 g/mol. The number of aromatic nitrogens is 2. The molecule has 3 N–H and O–H groups in total. The molecule has 9 heteroatoms. The number of rotatable bonds is 6. The lowest BCUT2D eigenvalue weighted by molar-refractivity contribution is -0.126. The van der Waals surface area contributed by atoms with Crippen LogP contribution in [-0.4, -0.2) is 54.6 Å². The van der Waals surface area contributed by atoms with Gasteiger partial charge in [-0.1, -0.05) is 0 Å². The van der Waals surface area contributed by atoms with E-state index in [-0.39, 0.29) is 23.4 Å². The molecular formula is C13H23N5O3S. The van der Waals surface area contributed by atoms with Crippen molar-refractivity contribution in [2.75, 3.05) is 26.2 Å². The first-order chi connectivity index (χ1) is 10.5. The summed E-state index contributed by atoms with van der Waals surface area (Å²) in [5.74, 6) is -0.456. The molecule has 0 bridgehead atoms. The molecule has 22 heavy (non-hydrogen) atoms. The van der Waals surface area contributed by atoms with Crippen molar-refractivity contribution in [1.29, 1.82) is 0 Å². The van der Waals surface area contributed by atoms with Gasteiger partial charge in [-0.3, -0.25) is 9.48 Å². The van der Waals surface area contributed by atoms with Crippen LogP contribution in [0.2, 0.25) is 0 Å². The number of carbonyl (C=O) groups excluding carboxylic acids is 1. The summed E-state index contributed by atoms with van der Waals surface area (Å²) in [4.78, 5) is 12.0. The number of nitrogens with one attached hydrogen (secondary N) is 1. The molecule has 2 heterocycles. The van der Waals surface area contributed by atoms with Crippen molar-refractivity contribution in [3.63, 3.8) is 0 Å². The minimum Gasteiger partial charge on any atom is -0.355 e. The number of amides is 1. The molecule has 1 aliphatic heterocycles. The highest BCUT2D eigenvalue weighted by Crippen LogP contribution is 2.23. The van der Waals surface area contributed by atoms with Crippen LogP contribution >= 0.6 is 0 Å². The van der Waals surface area contributed by atoms with E-state index in [0.717, 1.165) is 0 Å². The normalized spacial score (nSPS) is 20.0. The van der Waals surface area contributed by atoms with Crippen molar-refractivity contribution in [2.24, 2.45) is 11.7 Å². The molecule has 0 spiro atoms. The first-order valence-corrected chi connectivity index (χ1v) is 8.94. The summed E-state index contributed by atoms with van der Waals surface area (Å²) in [7, 11) is -3.62. The van der Waals surface area contributed by atoms with E-state index in [4.69, 9.17) is 5.73 Å². The number of piperidine rings is 1. The third kappa shape index (κ3) is 3.47. The summed E-state index contributed by atoms with van der Waals surface area (Å²) in [6.45, 7) is 3.73. The number of hydrogen-bond acceptors (Lipinski definition) is 5. The predicted octanol–water partition coefficient (Wildman–Crippen LogP) is -0.621. The van der Waals surface area contributed by atoms with E-state index in [1.165, 1.54) is 21.3 Å². The second-order valence-electron chi connectivity index (χ2n) is 5.27. The van der Waals surface area contributed by atoms with Gasteiger partial charge in [-0.15, -0.1) is 0 Å². The van der Waals surface area contributed by atoms with Crippen LogP contribution in [-0.2, 0) is 21.4 Å². The molecule has 124 valence electrons. The Balaban J connectivity index is 2.13. The van der Waals surface area contributed by atoms with Gasteiger partial charge >= 0.3 is 0 Å². The van der Waals surface area contributed by atoms with E-state index in [1.807, 2.05) is 6.92 Å². The number of nitrogens with two attached hydrogens (primary N) is 1. The lowest BCUT2D eigenvalue weighted by Gasteiger charge is -2.31. The minimum absolute atomic E-state index is 0.130. The Hall–Kier alpha value is -1.45. The van der Waals surface area contributed by atoms with Gasteiger partial charge in [0, 0.05) is 32.7 Å². The largest absolute Gasteiger partial charge is 0.355 e. The number of carbonyl (C=O) groups is 1. The summed E-state index contributed by atoms with van der Waals surface area (Å²) in [5, 5.41) is 6.92. The molecule has 0 aromatic carbocycles. The molecule has 8 nitrogen and oxygen atoms in total. The van der Waals surface area contributed by atoms with Crippen LogP contribution in [0.3, 0.4) is 0 Å². The molecule has 0 aliphatic carbocycles. The Morgan fingerprint density at radius 2 is 2.32 bits per heavy atom. The predicted molar refractivity (Wildman–Crippen MR) is 81.4 cm³/mol. The van der Waals surface area contributed by atoms with Crippen LogP contribution in [0.25, 0.3) is 0 Å². The van der Waals surface area contributed by atoms with Gasteiger partial charge in [0.1, 0.15) is 0 Å². The molecule has 1 aromatic rings. The molecule has 2 rings (SSSR count). The number of hydrogen-bond donors (Lipinski definition) is 2. The number of nitrogens with zero attached hydrogens (tertiary/aromatic N) is 3. The van der Waals surface area contributed by atoms with Crippen LogP contribution in [0, 0.1) is 5.92 Å². The molecule has 1 aromatic heterocycles. The van der Waals surface area contributed by atoms with Gasteiger partial charge in [0.25, 0.3) is 10.0 Å². The molecule has 1 fully saturated rings. The number of sulfonamides is 1. The smallest absolute Gasteiger partial charge is 0.260 e. The first kappa shape index (κ1) is 16.9. The van der Waals surface area contributed by atoms with Crippen molar-refractivity contribution < 1.29 is 13.2 Å². The Labute approximate surface area is 130 Å². The zero-order valence-electron chi connectivity index (χ0n) is 12.7. The third-order valence-electron chi connectivity index (χ3n) is 3.78. The highest BCUT2D eigenvalue weighted by Gasteiger charge is 2.34. The molecule has 1 unspecified atom stereocenters. The lowest BCUT2D eigenvalue weighted by atomic mass is 9.99. The van der Waals surface area contributed by atoms with Crippen LogP contribution in [0.15, 0.2) is 17.3 Å². The average molecular weight is 329 g/mol. The van der Waals surface area contributed by atoms with Crippen molar-refractivity contribution in [2.45, 2.75) is 31.3 Å². The summed E-state index contributed by atoms with van der Waals surface area (Å²) >= 11 is 0.